The van der Waals surface area contributed by atoms with Crippen LogP contribution in [0, 0.1) is 11.7 Å². The fraction of sp³-hybridized carbons (Fsp3) is 0.435. The van der Waals surface area contributed by atoms with Crippen LogP contribution >= 0.6 is 11.3 Å². The molecule has 3 aromatic heterocycles. The number of aromatic nitrogens is 3. The van der Waals surface area contributed by atoms with E-state index in [0.29, 0.717) is 35.8 Å². The van der Waals surface area contributed by atoms with E-state index >= 15 is 0 Å². The number of halogens is 1. The molecule has 0 bridgehead atoms. The molecule has 2 aliphatic rings. The average Bonchev–Trinajstić information content (AvgIpc) is 3.47. The van der Waals surface area contributed by atoms with Crippen molar-refractivity contribution in [3.8, 4) is 0 Å². The fourth-order valence-corrected chi connectivity index (χ4v) is 5.22. The molecular formula is C23H25FN6O2S. The predicted octanol–water partition coefficient (Wildman–Crippen LogP) is 3.53. The number of hydrogen-bond acceptors (Lipinski definition) is 7. The van der Waals surface area contributed by atoms with Gasteiger partial charge in [0.25, 0.3) is 5.91 Å². The Labute approximate surface area is 194 Å². The fourth-order valence-electron chi connectivity index (χ4n) is 4.41. The molecule has 33 heavy (non-hydrogen) atoms. The molecule has 1 unspecified atom stereocenters. The van der Waals surface area contributed by atoms with Crippen molar-refractivity contribution in [2.24, 2.45) is 5.92 Å². The highest BCUT2D eigenvalue weighted by molar-refractivity contribution is 7.17. The number of amides is 2. The second kappa shape index (κ2) is 9.01. The number of thiophene rings is 1. The molecule has 10 heteroatoms. The standard InChI is InChI=1S/C23H25FN6O2S/c1-13(15-8-16(24)10-25-9-15)26-23-28-18-6-7-33-20(18)19(29-23)22(32)30-11-17(12-30)27-21(31)14-4-2-3-5-14/h6-10,13-14,17H,2-5,11-12H2,1H3,(H,27,31)(H,26,28,29). The van der Waals surface area contributed by atoms with Crippen LogP contribution in [-0.2, 0) is 4.79 Å². The summed E-state index contributed by atoms with van der Waals surface area (Å²) in [7, 11) is 0. The molecule has 172 valence electrons. The predicted molar refractivity (Wildman–Crippen MR) is 123 cm³/mol. The number of likely N-dealkylation sites (tertiary alicyclic amines) is 1. The van der Waals surface area contributed by atoms with E-state index in [-0.39, 0.29) is 29.8 Å². The summed E-state index contributed by atoms with van der Waals surface area (Å²) in [6.45, 7) is 2.80. The first kappa shape index (κ1) is 21.7. The van der Waals surface area contributed by atoms with Gasteiger partial charge in [0.2, 0.25) is 11.9 Å². The van der Waals surface area contributed by atoms with Crippen LogP contribution in [0.15, 0.2) is 29.9 Å². The summed E-state index contributed by atoms with van der Waals surface area (Å²) in [5, 5.41) is 8.10. The SMILES string of the molecule is CC(Nc1nc(C(=O)N2CC(NC(=O)C3CCCC3)C2)c2sccc2n1)c1cncc(F)c1. The molecule has 1 saturated carbocycles. The van der Waals surface area contributed by atoms with Crippen molar-refractivity contribution in [1.82, 2.24) is 25.2 Å². The molecule has 8 nitrogen and oxygen atoms in total. The maximum Gasteiger partial charge on any atom is 0.274 e. The van der Waals surface area contributed by atoms with Crippen molar-refractivity contribution < 1.29 is 14.0 Å². The number of carbonyl (C=O) groups excluding carboxylic acids is 2. The number of carbonyl (C=O) groups is 2. The molecule has 2 N–H and O–H groups in total. The lowest BCUT2D eigenvalue weighted by atomic mass is 10.0. The van der Waals surface area contributed by atoms with Crippen LogP contribution in [0.2, 0.25) is 0 Å². The van der Waals surface area contributed by atoms with Gasteiger partial charge in [-0.3, -0.25) is 14.6 Å². The molecule has 1 aliphatic carbocycles. The second-order valence-corrected chi connectivity index (χ2v) is 9.65. The quantitative estimate of drug-likeness (QED) is 0.574. The first-order valence-electron chi connectivity index (χ1n) is 11.2. The van der Waals surface area contributed by atoms with E-state index < -0.39 is 5.82 Å². The molecule has 1 aliphatic heterocycles. The first-order chi connectivity index (χ1) is 16.0. The Bertz CT molecular complexity index is 1190. The number of pyridine rings is 1. The molecule has 3 aromatic rings. The van der Waals surface area contributed by atoms with E-state index in [1.807, 2.05) is 18.4 Å². The first-order valence-corrected chi connectivity index (χ1v) is 12.1. The minimum absolute atomic E-state index is 0.0131. The number of fused-ring (bicyclic) bond motifs is 1. The zero-order valence-corrected chi connectivity index (χ0v) is 19.1. The van der Waals surface area contributed by atoms with Gasteiger partial charge in [-0.25, -0.2) is 14.4 Å². The van der Waals surface area contributed by atoms with E-state index in [9.17, 15) is 14.0 Å². The Morgan fingerprint density at radius 1 is 1.21 bits per heavy atom. The van der Waals surface area contributed by atoms with Crippen molar-refractivity contribution >= 4 is 39.3 Å². The summed E-state index contributed by atoms with van der Waals surface area (Å²) in [6, 6.07) is 2.94. The monoisotopic (exact) mass is 468 g/mol. The normalized spacial score (nSPS) is 17.7. The van der Waals surface area contributed by atoms with Crippen LogP contribution < -0.4 is 10.6 Å². The highest BCUT2D eigenvalue weighted by Crippen LogP contribution is 2.28. The van der Waals surface area contributed by atoms with Crippen LogP contribution in [0.5, 0.6) is 0 Å². The lowest BCUT2D eigenvalue weighted by molar-refractivity contribution is -0.126. The van der Waals surface area contributed by atoms with Crippen molar-refractivity contribution in [2.45, 2.75) is 44.7 Å². The van der Waals surface area contributed by atoms with Crippen molar-refractivity contribution in [2.75, 3.05) is 18.4 Å². The van der Waals surface area contributed by atoms with Crippen LogP contribution in [-0.4, -0.2) is 50.8 Å². The molecule has 0 spiro atoms. The number of anilines is 1. The van der Waals surface area contributed by atoms with E-state index in [1.54, 1.807) is 11.1 Å². The van der Waals surface area contributed by atoms with Gasteiger partial charge >= 0.3 is 0 Å². The molecule has 2 fully saturated rings. The Kier molecular flexibility index (Phi) is 5.92. The van der Waals surface area contributed by atoms with Gasteiger partial charge in [-0.15, -0.1) is 11.3 Å². The van der Waals surface area contributed by atoms with Crippen molar-refractivity contribution in [1.29, 1.82) is 0 Å². The van der Waals surface area contributed by atoms with Gasteiger partial charge in [-0.05, 0) is 42.8 Å². The summed E-state index contributed by atoms with van der Waals surface area (Å²) in [4.78, 5) is 40.2. The molecule has 0 radical (unpaired) electrons. The molecular weight excluding hydrogens is 443 g/mol. The summed E-state index contributed by atoms with van der Waals surface area (Å²) in [6.07, 6.45) is 6.87. The highest BCUT2D eigenvalue weighted by Gasteiger charge is 2.35. The van der Waals surface area contributed by atoms with E-state index in [4.69, 9.17) is 0 Å². The molecule has 1 atom stereocenters. The van der Waals surface area contributed by atoms with Gasteiger partial charge in [-0.1, -0.05) is 12.8 Å². The summed E-state index contributed by atoms with van der Waals surface area (Å²) >= 11 is 1.42. The van der Waals surface area contributed by atoms with Gasteiger partial charge in [0, 0.05) is 25.2 Å². The lowest BCUT2D eigenvalue weighted by Crippen LogP contribution is -2.61. The minimum atomic E-state index is -0.418. The maximum atomic E-state index is 13.5. The average molecular weight is 469 g/mol. The maximum absolute atomic E-state index is 13.5. The van der Waals surface area contributed by atoms with Gasteiger partial charge in [0.05, 0.1) is 28.5 Å². The number of rotatable bonds is 6. The summed E-state index contributed by atoms with van der Waals surface area (Å²) in [5.41, 5.74) is 1.67. The summed E-state index contributed by atoms with van der Waals surface area (Å²) < 4.78 is 14.3. The zero-order valence-electron chi connectivity index (χ0n) is 18.3. The minimum Gasteiger partial charge on any atom is -0.350 e. The second-order valence-electron chi connectivity index (χ2n) is 8.73. The van der Waals surface area contributed by atoms with Crippen LogP contribution in [0.1, 0.15) is 54.7 Å². The summed E-state index contributed by atoms with van der Waals surface area (Å²) in [5.74, 6) is -0.0728. The third-order valence-electron chi connectivity index (χ3n) is 6.32. The third kappa shape index (κ3) is 4.52. The van der Waals surface area contributed by atoms with Crippen molar-refractivity contribution in [3.05, 3.63) is 47.0 Å². The zero-order chi connectivity index (χ0) is 22.9. The Morgan fingerprint density at radius 2 is 2.00 bits per heavy atom. The van der Waals surface area contributed by atoms with Gasteiger partial charge < -0.3 is 15.5 Å². The van der Waals surface area contributed by atoms with E-state index in [2.05, 4.69) is 25.6 Å². The topological polar surface area (TPSA) is 100 Å². The van der Waals surface area contributed by atoms with Crippen LogP contribution in [0.4, 0.5) is 10.3 Å². The number of nitrogens with zero attached hydrogens (tertiary/aromatic N) is 4. The van der Waals surface area contributed by atoms with E-state index in [1.165, 1.54) is 17.4 Å². The Hall–Kier alpha value is -3.14. The van der Waals surface area contributed by atoms with Crippen LogP contribution in [0.25, 0.3) is 10.2 Å². The van der Waals surface area contributed by atoms with Gasteiger partial charge in [0.1, 0.15) is 5.82 Å². The third-order valence-corrected chi connectivity index (χ3v) is 7.23. The smallest absolute Gasteiger partial charge is 0.274 e. The molecule has 5 rings (SSSR count). The van der Waals surface area contributed by atoms with Gasteiger partial charge in [-0.2, -0.15) is 0 Å². The molecule has 4 heterocycles. The highest BCUT2D eigenvalue weighted by atomic mass is 32.1. The Balaban J connectivity index is 1.28. The largest absolute Gasteiger partial charge is 0.350 e. The van der Waals surface area contributed by atoms with Crippen LogP contribution in [0.3, 0.4) is 0 Å². The lowest BCUT2D eigenvalue weighted by Gasteiger charge is -2.39. The molecule has 0 aromatic carbocycles. The van der Waals surface area contributed by atoms with Crippen molar-refractivity contribution in [3.63, 3.8) is 0 Å². The Morgan fingerprint density at radius 3 is 2.76 bits per heavy atom. The molecule has 1 saturated heterocycles. The number of hydrogen-bond donors (Lipinski definition) is 2. The number of nitrogens with one attached hydrogen (secondary N) is 2. The van der Waals surface area contributed by atoms with E-state index in [0.717, 1.165) is 36.6 Å². The van der Waals surface area contributed by atoms with Gasteiger partial charge in [0.15, 0.2) is 5.69 Å². The molecule has 2 amide bonds.